The molecule has 2 aromatic rings. The molecule has 0 unspecified atom stereocenters. The molecular formula is C13H13N3O. The summed E-state index contributed by atoms with van der Waals surface area (Å²) >= 11 is 0. The normalized spacial score (nSPS) is 13.9. The minimum Gasteiger partial charge on any atom is -0.493 e. The molecule has 0 atom stereocenters. The Morgan fingerprint density at radius 2 is 2.12 bits per heavy atom. The number of hydrogen-bond acceptors (Lipinski definition) is 4. The second-order valence-corrected chi connectivity index (χ2v) is 4.10. The van der Waals surface area contributed by atoms with Crippen LogP contribution in [0.4, 0.5) is 5.82 Å². The SMILES string of the molecule is Nc1cc(-c2ccc3c(c2)CCCO3)ncn1. The Hall–Kier alpha value is -2.10. The predicted molar refractivity (Wildman–Crippen MR) is 65.7 cm³/mol. The highest BCUT2D eigenvalue weighted by molar-refractivity contribution is 5.64. The minimum absolute atomic E-state index is 0.490. The first kappa shape index (κ1) is 10.1. The maximum absolute atomic E-state index is 5.66. The van der Waals surface area contributed by atoms with Gasteiger partial charge in [0.1, 0.15) is 17.9 Å². The number of aryl methyl sites for hydroxylation is 1. The number of anilines is 1. The number of fused-ring (bicyclic) bond motifs is 1. The first-order valence-electron chi connectivity index (χ1n) is 5.66. The van der Waals surface area contributed by atoms with Crippen molar-refractivity contribution in [3.8, 4) is 17.0 Å². The van der Waals surface area contributed by atoms with Gasteiger partial charge in [0.05, 0.1) is 12.3 Å². The summed E-state index contributed by atoms with van der Waals surface area (Å²) in [6.07, 6.45) is 3.62. The molecule has 1 aromatic carbocycles. The molecule has 2 N–H and O–H groups in total. The van der Waals surface area contributed by atoms with E-state index in [4.69, 9.17) is 10.5 Å². The third-order valence-corrected chi connectivity index (χ3v) is 2.89. The molecule has 17 heavy (non-hydrogen) atoms. The summed E-state index contributed by atoms with van der Waals surface area (Å²) in [4.78, 5) is 8.12. The van der Waals surface area contributed by atoms with E-state index in [0.29, 0.717) is 5.82 Å². The Labute approximate surface area is 99.5 Å². The second-order valence-electron chi connectivity index (χ2n) is 4.10. The Balaban J connectivity index is 2.04. The molecule has 0 spiro atoms. The Morgan fingerprint density at radius 1 is 1.18 bits per heavy atom. The van der Waals surface area contributed by atoms with E-state index in [9.17, 15) is 0 Å². The average molecular weight is 227 g/mol. The summed E-state index contributed by atoms with van der Waals surface area (Å²) < 4.78 is 5.58. The molecule has 0 saturated carbocycles. The lowest BCUT2D eigenvalue weighted by Gasteiger charge is -2.17. The number of benzene rings is 1. The molecule has 0 bridgehead atoms. The summed E-state index contributed by atoms with van der Waals surface area (Å²) in [6, 6.07) is 7.91. The topological polar surface area (TPSA) is 61.0 Å². The molecule has 3 rings (SSSR count). The van der Waals surface area contributed by atoms with Gasteiger partial charge in [-0.3, -0.25) is 0 Å². The molecule has 4 nitrogen and oxygen atoms in total. The van der Waals surface area contributed by atoms with E-state index in [1.165, 1.54) is 11.9 Å². The zero-order valence-electron chi connectivity index (χ0n) is 9.39. The van der Waals surface area contributed by atoms with Gasteiger partial charge in [0, 0.05) is 11.6 Å². The summed E-state index contributed by atoms with van der Waals surface area (Å²) in [5.41, 5.74) is 8.81. The van der Waals surface area contributed by atoms with Crippen LogP contribution in [-0.2, 0) is 6.42 Å². The van der Waals surface area contributed by atoms with Crippen LogP contribution in [0.5, 0.6) is 5.75 Å². The minimum atomic E-state index is 0.490. The number of aromatic nitrogens is 2. The molecule has 0 aliphatic carbocycles. The van der Waals surface area contributed by atoms with Gasteiger partial charge in [0.15, 0.2) is 0 Å². The maximum Gasteiger partial charge on any atom is 0.127 e. The fourth-order valence-corrected chi connectivity index (χ4v) is 2.05. The fourth-order valence-electron chi connectivity index (χ4n) is 2.05. The van der Waals surface area contributed by atoms with Gasteiger partial charge >= 0.3 is 0 Å². The number of nitrogens with zero attached hydrogens (tertiary/aromatic N) is 2. The second kappa shape index (κ2) is 4.05. The van der Waals surface area contributed by atoms with Gasteiger partial charge in [-0.15, -0.1) is 0 Å². The quantitative estimate of drug-likeness (QED) is 0.810. The van der Waals surface area contributed by atoms with E-state index in [2.05, 4.69) is 16.0 Å². The monoisotopic (exact) mass is 227 g/mol. The van der Waals surface area contributed by atoms with Crippen LogP contribution in [0.3, 0.4) is 0 Å². The number of hydrogen-bond donors (Lipinski definition) is 1. The van der Waals surface area contributed by atoms with Crippen molar-refractivity contribution < 1.29 is 4.74 Å². The van der Waals surface area contributed by atoms with Crippen LogP contribution in [0.15, 0.2) is 30.6 Å². The lowest BCUT2D eigenvalue weighted by Crippen LogP contribution is -2.08. The highest BCUT2D eigenvalue weighted by Crippen LogP contribution is 2.29. The largest absolute Gasteiger partial charge is 0.493 e. The van der Waals surface area contributed by atoms with E-state index < -0.39 is 0 Å². The molecule has 2 heterocycles. The fraction of sp³-hybridized carbons (Fsp3) is 0.231. The maximum atomic E-state index is 5.66. The van der Waals surface area contributed by atoms with Crippen molar-refractivity contribution in [2.24, 2.45) is 0 Å². The van der Waals surface area contributed by atoms with Gasteiger partial charge in [-0.1, -0.05) is 0 Å². The van der Waals surface area contributed by atoms with Crippen molar-refractivity contribution in [1.29, 1.82) is 0 Å². The van der Waals surface area contributed by atoms with Gasteiger partial charge in [0.2, 0.25) is 0 Å². The first-order valence-corrected chi connectivity index (χ1v) is 5.66. The van der Waals surface area contributed by atoms with Crippen LogP contribution in [0, 0.1) is 0 Å². The highest BCUT2D eigenvalue weighted by atomic mass is 16.5. The first-order chi connectivity index (χ1) is 8.33. The van der Waals surface area contributed by atoms with E-state index in [1.807, 2.05) is 12.1 Å². The zero-order valence-corrected chi connectivity index (χ0v) is 9.39. The number of nitrogens with two attached hydrogens (primary N) is 1. The van der Waals surface area contributed by atoms with Gasteiger partial charge in [-0.05, 0) is 36.6 Å². The average Bonchev–Trinajstić information content (AvgIpc) is 2.38. The molecule has 1 aliphatic rings. The van der Waals surface area contributed by atoms with Gasteiger partial charge in [0.25, 0.3) is 0 Å². The molecule has 4 heteroatoms. The Bertz CT molecular complexity index is 554. The number of ether oxygens (including phenoxy) is 1. The lowest BCUT2D eigenvalue weighted by atomic mass is 10.0. The van der Waals surface area contributed by atoms with Crippen molar-refractivity contribution in [2.45, 2.75) is 12.8 Å². The van der Waals surface area contributed by atoms with E-state index in [-0.39, 0.29) is 0 Å². The van der Waals surface area contributed by atoms with Crippen LogP contribution in [0.1, 0.15) is 12.0 Å². The van der Waals surface area contributed by atoms with Crippen LogP contribution < -0.4 is 10.5 Å². The van der Waals surface area contributed by atoms with Crippen LogP contribution in [0.2, 0.25) is 0 Å². The van der Waals surface area contributed by atoms with Crippen molar-refractivity contribution in [3.05, 3.63) is 36.2 Å². The highest BCUT2D eigenvalue weighted by Gasteiger charge is 2.11. The molecule has 0 amide bonds. The third-order valence-electron chi connectivity index (χ3n) is 2.89. The summed E-state index contributed by atoms with van der Waals surface area (Å²) in [7, 11) is 0. The number of rotatable bonds is 1. The summed E-state index contributed by atoms with van der Waals surface area (Å²) in [6.45, 7) is 0.812. The summed E-state index contributed by atoms with van der Waals surface area (Å²) in [5.74, 6) is 1.48. The molecule has 0 radical (unpaired) electrons. The third kappa shape index (κ3) is 1.93. The lowest BCUT2D eigenvalue weighted by molar-refractivity contribution is 0.288. The Morgan fingerprint density at radius 3 is 3.00 bits per heavy atom. The van der Waals surface area contributed by atoms with Crippen molar-refractivity contribution in [3.63, 3.8) is 0 Å². The summed E-state index contributed by atoms with van der Waals surface area (Å²) in [5, 5.41) is 0. The molecule has 0 saturated heterocycles. The predicted octanol–water partition coefficient (Wildman–Crippen LogP) is 2.05. The smallest absolute Gasteiger partial charge is 0.127 e. The molecular weight excluding hydrogens is 214 g/mol. The van der Waals surface area contributed by atoms with Crippen LogP contribution in [-0.4, -0.2) is 16.6 Å². The number of nitrogen functional groups attached to an aromatic ring is 1. The van der Waals surface area contributed by atoms with Crippen LogP contribution >= 0.6 is 0 Å². The van der Waals surface area contributed by atoms with Crippen molar-refractivity contribution in [2.75, 3.05) is 12.3 Å². The zero-order chi connectivity index (χ0) is 11.7. The van der Waals surface area contributed by atoms with Crippen molar-refractivity contribution in [1.82, 2.24) is 9.97 Å². The van der Waals surface area contributed by atoms with Crippen LogP contribution in [0.25, 0.3) is 11.3 Å². The van der Waals surface area contributed by atoms with E-state index >= 15 is 0 Å². The Kier molecular flexibility index (Phi) is 2.40. The van der Waals surface area contributed by atoms with Crippen molar-refractivity contribution >= 4 is 5.82 Å². The molecule has 0 fully saturated rings. The molecule has 1 aliphatic heterocycles. The van der Waals surface area contributed by atoms with Gasteiger partial charge in [-0.2, -0.15) is 0 Å². The van der Waals surface area contributed by atoms with E-state index in [1.54, 1.807) is 6.07 Å². The molecule has 86 valence electrons. The van der Waals surface area contributed by atoms with E-state index in [0.717, 1.165) is 36.5 Å². The standard InChI is InChI=1S/C13H13N3O/c14-13-7-11(15-8-16-13)9-3-4-12-10(6-9)2-1-5-17-12/h3-4,6-8H,1-2,5H2,(H2,14,15,16). The van der Waals surface area contributed by atoms with Gasteiger partial charge < -0.3 is 10.5 Å². The van der Waals surface area contributed by atoms with Gasteiger partial charge in [-0.25, -0.2) is 9.97 Å². The molecule has 1 aromatic heterocycles.